The first-order chi connectivity index (χ1) is 13.8. The minimum atomic E-state index is -0.625. The van der Waals surface area contributed by atoms with Crippen molar-refractivity contribution >= 4 is 22.8 Å². The lowest BCUT2D eigenvalue weighted by Gasteiger charge is -2.26. The van der Waals surface area contributed by atoms with Crippen molar-refractivity contribution in [3.05, 3.63) is 48.3 Å². The Morgan fingerprint density at radius 3 is 2.55 bits per heavy atom. The molecule has 0 fully saturated rings. The third-order valence-corrected chi connectivity index (χ3v) is 4.27. The largest absolute Gasteiger partial charge is 0.443 e. The van der Waals surface area contributed by atoms with Crippen molar-refractivity contribution in [3.8, 4) is 5.69 Å². The molecule has 3 aromatic rings. The third kappa shape index (κ3) is 4.72. The number of benzene rings is 1. The Hall–Kier alpha value is -2.97. The van der Waals surface area contributed by atoms with E-state index in [0.717, 1.165) is 22.2 Å². The van der Waals surface area contributed by atoms with Crippen LogP contribution in [0.25, 0.3) is 16.6 Å². The van der Waals surface area contributed by atoms with Crippen LogP contribution in [-0.2, 0) is 16.0 Å². The Morgan fingerprint density at radius 2 is 1.93 bits per heavy atom. The van der Waals surface area contributed by atoms with Crippen LogP contribution in [0.15, 0.2) is 42.7 Å². The van der Waals surface area contributed by atoms with Gasteiger partial charge >= 0.3 is 6.09 Å². The summed E-state index contributed by atoms with van der Waals surface area (Å²) < 4.78 is 12.6. The molecule has 2 N–H and O–H groups in total. The molecule has 0 atom stereocenters. The number of anilines is 1. The number of hydrogen-bond acceptors (Lipinski definition) is 6. The zero-order valence-corrected chi connectivity index (χ0v) is 17.3. The number of pyridine rings is 1. The standard InChI is InChI=1S/C21H27N5O3/c1-21(2,3)29-20(27)25(11-12-28-4)19-17-9-10-23-14-18(17)26(24-19)16-7-5-15(13-22)6-8-16/h5-10,14H,11-13,22H2,1-4H3. The molecule has 2 aromatic heterocycles. The van der Waals surface area contributed by atoms with Gasteiger partial charge in [0.2, 0.25) is 0 Å². The summed E-state index contributed by atoms with van der Waals surface area (Å²) in [5, 5.41) is 5.53. The maximum absolute atomic E-state index is 12.9. The molecule has 154 valence electrons. The normalized spacial score (nSPS) is 11.6. The van der Waals surface area contributed by atoms with Gasteiger partial charge in [-0.05, 0) is 44.5 Å². The van der Waals surface area contributed by atoms with Crippen LogP contribution in [0.3, 0.4) is 0 Å². The number of nitrogens with two attached hydrogens (primary N) is 1. The Balaban J connectivity index is 2.09. The van der Waals surface area contributed by atoms with Gasteiger partial charge in [0.25, 0.3) is 0 Å². The van der Waals surface area contributed by atoms with Crippen molar-refractivity contribution in [2.24, 2.45) is 5.73 Å². The van der Waals surface area contributed by atoms with Gasteiger partial charge in [0.1, 0.15) is 5.60 Å². The van der Waals surface area contributed by atoms with Crippen LogP contribution in [-0.4, -0.2) is 46.7 Å². The summed E-state index contributed by atoms with van der Waals surface area (Å²) in [4.78, 5) is 18.6. The van der Waals surface area contributed by atoms with E-state index in [0.29, 0.717) is 25.5 Å². The van der Waals surface area contributed by atoms with E-state index in [1.807, 2.05) is 51.1 Å². The SMILES string of the molecule is COCCN(C(=O)OC(C)(C)C)c1nn(-c2ccc(CN)cc2)c2cnccc12. The van der Waals surface area contributed by atoms with Crippen LogP contribution >= 0.6 is 0 Å². The topological polar surface area (TPSA) is 95.5 Å². The number of hydrogen-bond donors (Lipinski definition) is 1. The van der Waals surface area contributed by atoms with Gasteiger partial charge in [-0.15, -0.1) is 5.10 Å². The van der Waals surface area contributed by atoms with Gasteiger partial charge in [0, 0.05) is 25.2 Å². The molecule has 0 bridgehead atoms. The zero-order valence-electron chi connectivity index (χ0n) is 17.3. The second-order valence-corrected chi connectivity index (χ2v) is 7.62. The second-order valence-electron chi connectivity index (χ2n) is 7.62. The van der Waals surface area contributed by atoms with Crippen LogP contribution in [0.2, 0.25) is 0 Å². The predicted molar refractivity (Wildman–Crippen MR) is 112 cm³/mol. The van der Waals surface area contributed by atoms with Crippen molar-refractivity contribution < 1.29 is 14.3 Å². The summed E-state index contributed by atoms with van der Waals surface area (Å²) in [6.07, 6.45) is 2.93. The first-order valence-electron chi connectivity index (χ1n) is 9.45. The van der Waals surface area contributed by atoms with Crippen LogP contribution in [0.5, 0.6) is 0 Å². The summed E-state index contributed by atoms with van der Waals surface area (Å²) in [5.41, 5.74) is 7.74. The first kappa shape index (κ1) is 20.8. The van der Waals surface area contributed by atoms with E-state index < -0.39 is 11.7 Å². The molecule has 3 rings (SSSR count). The fraction of sp³-hybridized carbons (Fsp3) is 0.381. The molecule has 0 saturated carbocycles. The van der Waals surface area contributed by atoms with Gasteiger partial charge in [-0.2, -0.15) is 0 Å². The number of ether oxygens (including phenoxy) is 2. The monoisotopic (exact) mass is 397 g/mol. The number of carbonyl (C=O) groups excluding carboxylic acids is 1. The van der Waals surface area contributed by atoms with Crippen molar-refractivity contribution in [1.82, 2.24) is 14.8 Å². The van der Waals surface area contributed by atoms with E-state index in [2.05, 4.69) is 4.98 Å². The number of fused-ring (bicyclic) bond motifs is 1. The molecule has 0 saturated heterocycles. The molecule has 29 heavy (non-hydrogen) atoms. The van der Waals surface area contributed by atoms with Crippen LogP contribution < -0.4 is 10.6 Å². The Bertz CT molecular complexity index is 976. The smallest absolute Gasteiger partial charge is 0.416 e. The highest BCUT2D eigenvalue weighted by Gasteiger charge is 2.27. The lowest BCUT2D eigenvalue weighted by Crippen LogP contribution is -2.39. The molecular formula is C21H27N5O3. The molecule has 1 aromatic carbocycles. The van der Waals surface area contributed by atoms with Crippen molar-refractivity contribution in [2.75, 3.05) is 25.2 Å². The molecule has 0 unspecified atom stereocenters. The van der Waals surface area contributed by atoms with Gasteiger partial charge in [-0.25, -0.2) is 9.48 Å². The molecular weight excluding hydrogens is 370 g/mol. The summed E-state index contributed by atoms with van der Waals surface area (Å²) in [6, 6.07) is 9.63. The minimum Gasteiger partial charge on any atom is -0.443 e. The number of methoxy groups -OCH3 is 1. The van der Waals surface area contributed by atoms with Crippen LogP contribution in [0.1, 0.15) is 26.3 Å². The van der Waals surface area contributed by atoms with Gasteiger partial charge < -0.3 is 15.2 Å². The molecule has 8 heteroatoms. The molecule has 0 spiro atoms. The minimum absolute atomic E-state index is 0.311. The number of carbonyl (C=O) groups is 1. The number of nitrogens with zero attached hydrogens (tertiary/aromatic N) is 4. The quantitative estimate of drug-likeness (QED) is 0.686. The highest BCUT2D eigenvalue weighted by Crippen LogP contribution is 2.29. The van der Waals surface area contributed by atoms with Crippen LogP contribution in [0.4, 0.5) is 10.6 Å². The van der Waals surface area contributed by atoms with E-state index in [-0.39, 0.29) is 0 Å². The molecule has 8 nitrogen and oxygen atoms in total. The Labute approximate surface area is 170 Å². The third-order valence-electron chi connectivity index (χ3n) is 4.27. The lowest BCUT2D eigenvalue weighted by atomic mass is 10.2. The fourth-order valence-electron chi connectivity index (χ4n) is 2.90. The molecule has 0 aliphatic carbocycles. The summed E-state index contributed by atoms with van der Waals surface area (Å²) in [7, 11) is 1.59. The molecule has 0 aliphatic rings. The van der Waals surface area contributed by atoms with Gasteiger partial charge in [-0.3, -0.25) is 9.88 Å². The van der Waals surface area contributed by atoms with Crippen molar-refractivity contribution in [3.63, 3.8) is 0 Å². The maximum atomic E-state index is 12.9. The number of aromatic nitrogens is 3. The summed E-state index contributed by atoms with van der Waals surface area (Å²) >= 11 is 0. The molecule has 2 heterocycles. The van der Waals surface area contributed by atoms with E-state index in [4.69, 9.17) is 20.3 Å². The predicted octanol–water partition coefficient (Wildman–Crippen LogP) is 3.27. The number of rotatable bonds is 6. The first-order valence-corrected chi connectivity index (χ1v) is 9.45. The highest BCUT2D eigenvalue weighted by atomic mass is 16.6. The van der Waals surface area contributed by atoms with Crippen LogP contribution in [0, 0.1) is 0 Å². The van der Waals surface area contributed by atoms with Gasteiger partial charge in [-0.1, -0.05) is 12.1 Å². The highest BCUT2D eigenvalue weighted by molar-refractivity contribution is 5.99. The maximum Gasteiger partial charge on any atom is 0.416 e. The Morgan fingerprint density at radius 1 is 1.21 bits per heavy atom. The average molecular weight is 397 g/mol. The van der Waals surface area contributed by atoms with E-state index in [1.165, 1.54) is 4.90 Å². The number of amides is 1. The van der Waals surface area contributed by atoms with E-state index in [1.54, 1.807) is 24.2 Å². The van der Waals surface area contributed by atoms with Gasteiger partial charge in [0.15, 0.2) is 5.82 Å². The van der Waals surface area contributed by atoms with Crippen molar-refractivity contribution in [2.45, 2.75) is 32.9 Å². The summed E-state index contributed by atoms with van der Waals surface area (Å²) in [6.45, 7) is 6.63. The Kier molecular flexibility index (Phi) is 6.14. The van der Waals surface area contributed by atoms with E-state index >= 15 is 0 Å². The zero-order chi connectivity index (χ0) is 21.0. The second kappa shape index (κ2) is 8.59. The molecule has 0 aliphatic heterocycles. The lowest BCUT2D eigenvalue weighted by molar-refractivity contribution is 0.0568. The van der Waals surface area contributed by atoms with E-state index in [9.17, 15) is 4.79 Å². The van der Waals surface area contributed by atoms with Crippen molar-refractivity contribution in [1.29, 1.82) is 0 Å². The molecule has 0 radical (unpaired) electrons. The van der Waals surface area contributed by atoms with Gasteiger partial charge in [0.05, 0.1) is 30.6 Å². The molecule has 1 amide bonds. The summed E-state index contributed by atoms with van der Waals surface area (Å²) in [5.74, 6) is 0.497. The average Bonchev–Trinajstić information content (AvgIpc) is 3.07. The fourth-order valence-corrected chi connectivity index (χ4v) is 2.90.